The van der Waals surface area contributed by atoms with Gasteiger partial charge in [0.05, 0.1) is 35.3 Å². The summed E-state index contributed by atoms with van der Waals surface area (Å²) in [5.41, 5.74) is 0.680. The van der Waals surface area contributed by atoms with Crippen molar-refractivity contribution < 1.29 is 23.9 Å². The fraction of sp³-hybridized carbons (Fsp3) is 0.286. The summed E-state index contributed by atoms with van der Waals surface area (Å²) < 4.78 is 15.3. The number of methoxy groups -OCH3 is 1. The first-order valence-corrected chi connectivity index (χ1v) is 7.27. The van der Waals surface area contributed by atoms with Crippen LogP contribution in [0.2, 0.25) is 0 Å². The lowest BCUT2D eigenvalue weighted by molar-refractivity contribution is -0.385. The zero-order valence-electron chi connectivity index (χ0n) is 12.7. The Balaban J connectivity index is 2.19. The SMILES string of the molecule is COC(=O)C1=C(C)NC(=S)N[C@@H]1c1cc2c(cc1[N+](=O)[O-])OCO2. The van der Waals surface area contributed by atoms with Crippen LogP contribution in [0.3, 0.4) is 0 Å². The number of rotatable bonds is 3. The highest BCUT2D eigenvalue weighted by Crippen LogP contribution is 2.42. The Hall–Kier alpha value is -2.88. The molecule has 0 fully saturated rings. The maximum atomic E-state index is 12.2. The van der Waals surface area contributed by atoms with Crippen molar-refractivity contribution >= 4 is 29.0 Å². The summed E-state index contributed by atoms with van der Waals surface area (Å²) in [6.07, 6.45) is 0. The first kappa shape index (κ1) is 16.0. The van der Waals surface area contributed by atoms with Crippen molar-refractivity contribution in [2.24, 2.45) is 0 Å². The van der Waals surface area contributed by atoms with Crippen molar-refractivity contribution in [1.82, 2.24) is 10.6 Å². The van der Waals surface area contributed by atoms with Crippen molar-refractivity contribution in [2.75, 3.05) is 13.9 Å². The van der Waals surface area contributed by atoms with E-state index < -0.39 is 16.9 Å². The van der Waals surface area contributed by atoms with E-state index in [-0.39, 0.29) is 34.5 Å². The van der Waals surface area contributed by atoms with E-state index in [1.807, 2.05) is 0 Å². The van der Waals surface area contributed by atoms with Crippen molar-refractivity contribution in [3.63, 3.8) is 0 Å². The molecule has 1 aromatic rings. The van der Waals surface area contributed by atoms with Crippen molar-refractivity contribution in [1.29, 1.82) is 0 Å². The summed E-state index contributed by atoms with van der Waals surface area (Å²) >= 11 is 5.11. The van der Waals surface area contributed by atoms with Crippen LogP contribution in [0.15, 0.2) is 23.4 Å². The Morgan fingerprint density at radius 1 is 1.42 bits per heavy atom. The van der Waals surface area contributed by atoms with Gasteiger partial charge in [0, 0.05) is 5.70 Å². The Morgan fingerprint density at radius 3 is 2.71 bits per heavy atom. The molecule has 0 amide bonds. The van der Waals surface area contributed by atoms with Crippen molar-refractivity contribution in [3.8, 4) is 11.5 Å². The highest BCUT2D eigenvalue weighted by atomic mass is 32.1. The molecule has 0 unspecified atom stereocenters. The number of nitro groups is 1. The van der Waals surface area contributed by atoms with Crippen LogP contribution in [0.1, 0.15) is 18.5 Å². The second kappa shape index (κ2) is 5.96. The molecule has 0 aromatic heterocycles. The molecule has 1 aromatic carbocycles. The maximum absolute atomic E-state index is 12.2. The minimum Gasteiger partial charge on any atom is -0.466 e. The monoisotopic (exact) mass is 351 g/mol. The molecular formula is C14H13N3O6S. The number of thiocarbonyl (C=S) groups is 1. The average molecular weight is 351 g/mol. The molecular weight excluding hydrogens is 338 g/mol. The lowest BCUT2D eigenvalue weighted by Crippen LogP contribution is -2.45. The largest absolute Gasteiger partial charge is 0.466 e. The number of esters is 1. The quantitative estimate of drug-likeness (QED) is 0.360. The molecule has 9 nitrogen and oxygen atoms in total. The second-order valence-corrected chi connectivity index (χ2v) is 5.49. The summed E-state index contributed by atoms with van der Waals surface area (Å²) in [6.45, 7) is 1.62. The van der Waals surface area contributed by atoms with Gasteiger partial charge in [-0.15, -0.1) is 0 Å². The molecule has 2 aliphatic rings. The van der Waals surface area contributed by atoms with E-state index in [4.69, 9.17) is 26.4 Å². The molecule has 2 aliphatic heterocycles. The molecule has 0 radical (unpaired) electrons. The minimum atomic E-state index is -0.846. The highest BCUT2D eigenvalue weighted by Gasteiger charge is 2.36. The Morgan fingerprint density at radius 2 is 2.08 bits per heavy atom. The van der Waals surface area contributed by atoms with Gasteiger partial charge in [0.15, 0.2) is 16.6 Å². The Kier molecular flexibility index (Phi) is 3.97. The van der Waals surface area contributed by atoms with Crippen LogP contribution >= 0.6 is 12.2 Å². The molecule has 0 spiro atoms. The number of carbonyl (C=O) groups is 1. The van der Waals surface area contributed by atoms with Gasteiger partial charge >= 0.3 is 5.97 Å². The van der Waals surface area contributed by atoms with Gasteiger partial charge in [-0.2, -0.15) is 0 Å². The lowest BCUT2D eigenvalue weighted by atomic mass is 9.94. The molecule has 0 saturated carbocycles. The third-order valence-corrected chi connectivity index (χ3v) is 3.92. The fourth-order valence-corrected chi connectivity index (χ4v) is 2.91. The topological polar surface area (TPSA) is 112 Å². The van der Waals surface area contributed by atoms with Gasteiger partial charge in [0.1, 0.15) is 0 Å². The van der Waals surface area contributed by atoms with Crippen LogP contribution in [-0.2, 0) is 9.53 Å². The molecule has 0 saturated heterocycles. The Bertz CT molecular complexity index is 791. The van der Waals surface area contributed by atoms with E-state index in [1.165, 1.54) is 19.2 Å². The molecule has 10 heteroatoms. The number of hydrogen-bond acceptors (Lipinski definition) is 7. The smallest absolute Gasteiger partial charge is 0.337 e. The van der Waals surface area contributed by atoms with Crippen LogP contribution < -0.4 is 20.1 Å². The van der Waals surface area contributed by atoms with Gasteiger partial charge in [0.25, 0.3) is 5.69 Å². The van der Waals surface area contributed by atoms with E-state index in [0.29, 0.717) is 11.4 Å². The van der Waals surface area contributed by atoms with Gasteiger partial charge in [-0.1, -0.05) is 0 Å². The normalized spacial score (nSPS) is 18.8. The van der Waals surface area contributed by atoms with E-state index >= 15 is 0 Å². The van der Waals surface area contributed by atoms with E-state index in [2.05, 4.69) is 10.6 Å². The molecule has 3 rings (SSSR count). The van der Waals surface area contributed by atoms with Gasteiger partial charge < -0.3 is 24.8 Å². The second-order valence-electron chi connectivity index (χ2n) is 5.08. The third-order valence-electron chi connectivity index (χ3n) is 3.70. The zero-order chi connectivity index (χ0) is 17.4. The molecule has 1 atom stereocenters. The first-order chi connectivity index (χ1) is 11.4. The Labute approximate surface area is 141 Å². The molecule has 0 bridgehead atoms. The number of benzene rings is 1. The van der Waals surface area contributed by atoms with Gasteiger partial charge in [-0.3, -0.25) is 10.1 Å². The number of allylic oxidation sites excluding steroid dienone is 1. The highest BCUT2D eigenvalue weighted by molar-refractivity contribution is 7.80. The number of fused-ring (bicyclic) bond motifs is 1. The van der Waals surface area contributed by atoms with Gasteiger partial charge in [-0.05, 0) is 25.2 Å². The standard InChI is InChI=1S/C14H13N3O6S/c1-6-11(13(18)21-2)12(16-14(24)15-6)7-3-9-10(23-5-22-9)4-8(7)17(19)20/h3-4,12H,5H2,1-2H3,(H2,15,16,24)/t12-/m1/s1. The number of nitro benzene ring substituents is 1. The van der Waals surface area contributed by atoms with Crippen LogP contribution in [0.5, 0.6) is 11.5 Å². The number of ether oxygens (including phenoxy) is 3. The number of nitrogens with zero attached hydrogens (tertiary/aromatic N) is 1. The van der Waals surface area contributed by atoms with E-state index in [9.17, 15) is 14.9 Å². The summed E-state index contributed by atoms with van der Waals surface area (Å²) in [7, 11) is 1.24. The predicted octanol–water partition coefficient (Wildman–Crippen LogP) is 1.29. The average Bonchev–Trinajstić information content (AvgIpc) is 2.99. The summed E-state index contributed by atoms with van der Waals surface area (Å²) in [6, 6.07) is 1.90. The van der Waals surface area contributed by atoms with E-state index in [0.717, 1.165) is 0 Å². The maximum Gasteiger partial charge on any atom is 0.337 e. The van der Waals surface area contributed by atoms with Gasteiger partial charge in [-0.25, -0.2) is 4.79 Å². The molecule has 126 valence electrons. The molecule has 2 heterocycles. The number of carbonyl (C=O) groups excluding carboxylic acids is 1. The van der Waals surface area contributed by atoms with Crippen molar-refractivity contribution in [3.05, 3.63) is 39.1 Å². The fourth-order valence-electron chi connectivity index (χ4n) is 2.64. The number of nitrogens with one attached hydrogen (secondary N) is 2. The van der Waals surface area contributed by atoms with Crippen LogP contribution in [0.25, 0.3) is 0 Å². The van der Waals surface area contributed by atoms with E-state index in [1.54, 1.807) is 6.92 Å². The van der Waals surface area contributed by atoms with Gasteiger partial charge in [0.2, 0.25) is 6.79 Å². The summed E-state index contributed by atoms with van der Waals surface area (Å²) in [4.78, 5) is 23.1. The van der Waals surface area contributed by atoms with Crippen molar-refractivity contribution in [2.45, 2.75) is 13.0 Å². The molecule has 24 heavy (non-hydrogen) atoms. The van der Waals surface area contributed by atoms with Crippen LogP contribution in [-0.4, -0.2) is 29.9 Å². The predicted molar refractivity (Wildman–Crippen MR) is 85.5 cm³/mol. The molecule has 0 aliphatic carbocycles. The zero-order valence-corrected chi connectivity index (χ0v) is 13.6. The minimum absolute atomic E-state index is 0.0211. The third kappa shape index (κ3) is 2.60. The summed E-state index contributed by atoms with van der Waals surface area (Å²) in [5.74, 6) is 0.0259. The van der Waals surface area contributed by atoms with Crippen LogP contribution in [0.4, 0.5) is 5.69 Å². The summed E-state index contributed by atoms with van der Waals surface area (Å²) in [5, 5.41) is 17.4. The number of hydrogen-bond donors (Lipinski definition) is 2. The van der Waals surface area contributed by atoms with Crippen LogP contribution in [0, 0.1) is 10.1 Å². The first-order valence-electron chi connectivity index (χ1n) is 6.87. The lowest BCUT2D eigenvalue weighted by Gasteiger charge is -2.29. The molecule has 2 N–H and O–H groups in total.